The fraction of sp³-hybridized carbons (Fsp3) is 0.588. The maximum atomic E-state index is 10.2. The average molecular weight is 364 g/mol. The summed E-state index contributed by atoms with van der Waals surface area (Å²) in [6.07, 6.45) is 0. The van der Waals surface area contributed by atoms with Crippen LogP contribution >= 0.6 is 23.2 Å². The van der Waals surface area contributed by atoms with Crippen LogP contribution in [-0.4, -0.2) is 40.7 Å². The molecule has 0 aliphatic heterocycles. The van der Waals surface area contributed by atoms with Crippen LogP contribution in [0.2, 0.25) is 10.0 Å². The molecular formula is C17H27Cl2NO3. The van der Waals surface area contributed by atoms with E-state index in [4.69, 9.17) is 33.0 Å². The molecular weight excluding hydrogens is 337 g/mol. The van der Waals surface area contributed by atoms with Gasteiger partial charge in [-0.25, -0.2) is 4.79 Å². The smallest absolute Gasteiger partial charge is 0.341 e. The standard InChI is InChI=1S/C9H21N.C8H6Cl2O3/c1-7(2)10(8(3)4)9(5)6;9-5-1-2-7(6(10)3-5)13-4-8(11)12/h7-9H,1-6H3;1-3H,4H2,(H,11,12). The Hall–Kier alpha value is -0.970. The van der Waals surface area contributed by atoms with E-state index in [1.807, 2.05) is 0 Å². The highest BCUT2D eigenvalue weighted by atomic mass is 35.5. The Morgan fingerprint density at radius 2 is 1.57 bits per heavy atom. The monoisotopic (exact) mass is 363 g/mol. The summed E-state index contributed by atoms with van der Waals surface area (Å²) in [5, 5.41) is 9.11. The minimum Gasteiger partial charge on any atom is -0.480 e. The summed E-state index contributed by atoms with van der Waals surface area (Å²) in [6.45, 7) is 13.1. The lowest BCUT2D eigenvalue weighted by molar-refractivity contribution is -0.139. The molecule has 0 heterocycles. The number of nitrogens with zero attached hydrogens (tertiary/aromatic N) is 1. The fourth-order valence-corrected chi connectivity index (χ4v) is 2.98. The molecule has 23 heavy (non-hydrogen) atoms. The van der Waals surface area contributed by atoms with Crippen LogP contribution in [0.15, 0.2) is 18.2 Å². The Kier molecular flexibility index (Phi) is 10.3. The number of carboxylic acid groups (broad SMARTS) is 1. The van der Waals surface area contributed by atoms with Gasteiger partial charge in [0.1, 0.15) is 5.75 Å². The molecule has 0 aliphatic carbocycles. The van der Waals surface area contributed by atoms with Crippen LogP contribution in [-0.2, 0) is 4.79 Å². The van der Waals surface area contributed by atoms with Crippen molar-refractivity contribution in [2.75, 3.05) is 6.61 Å². The van der Waals surface area contributed by atoms with Crippen LogP contribution in [0, 0.1) is 0 Å². The molecule has 0 saturated carbocycles. The molecule has 1 rings (SSSR count). The Labute approximate surface area is 149 Å². The normalized spacial score (nSPS) is 11.0. The van der Waals surface area contributed by atoms with Crippen LogP contribution < -0.4 is 4.74 Å². The van der Waals surface area contributed by atoms with Crippen molar-refractivity contribution in [3.8, 4) is 5.75 Å². The van der Waals surface area contributed by atoms with Gasteiger partial charge in [-0.05, 0) is 59.7 Å². The first-order valence-electron chi connectivity index (χ1n) is 7.63. The third-order valence-electron chi connectivity index (χ3n) is 3.03. The molecule has 4 nitrogen and oxygen atoms in total. The van der Waals surface area contributed by atoms with E-state index < -0.39 is 12.6 Å². The molecule has 1 N–H and O–H groups in total. The van der Waals surface area contributed by atoms with Crippen molar-refractivity contribution in [2.45, 2.75) is 59.7 Å². The van der Waals surface area contributed by atoms with Gasteiger partial charge in [0, 0.05) is 23.1 Å². The lowest BCUT2D eigenvalue weighted by Gasteiger charge is -2.34. The van der Waals surface area contributed by atoms with Crippen LogP contribution in [0.1, 0.15) is 41.5 Å². The van der Waals surface area contributed by atoms with Gasteiger partial charge in [0.25, 0.3) is 0 Å². The average Bonchev–Trinajstić information content (AvgIpc) is 2.36. The molecule has 1 aromatic rings. The van der Waals surface area contributed by atoms with Gasteiger partial charge in [0.05, 0.1) is 5.02 Å². The molecule has 1 aromatic carbocycles. The van der Waals surface area contributed by atoms with E-state index in [-0.39, 0.29) is 0 Å². The molecule has 0 spiro atoms. The summed E-state index contributed by atoms with van der Waals surface area (Å²) in [5.74, 6) is -0.737. The van der Waals surface area contributed by atoms with E-state index in [1.165, 1.54) is 12.1 Å². The van der Waals surface area contributed by atoms with Gasteiger partial charge in [-0.3, -0.25) is 4.90 Å². The Morgan fingerprint density at radius 1 is 1.09 bits per heavy atom. The van der Waals surface area contributed by atoms with Crippen molar-refractivity contribution in [1.82, 2.24) is 4.90 Å². The van der Waals surface area contributed by atoms with Crippen molar-refractivity contribution in [1.29, 1.82) is 0 Å². The largest absolute Gasteiger partial charge is 0.480 e. The minimum atomic E-state index is -1.05. The van der Waals surface area contributed by atoms with Gasteiger partial charge < -0.3 is 9.84 Å². The second kappa shape index (κ2) is 10.7. The van der Waals surface area contributed by atoms with E-state index in [0.29, 0.717) is 33.9 Å². The highest BCUT2D eigenvalue weighted by molar-refractivity contribution is 6.35. The third kappa shape index (κ3) is 9.04. The SMILES string of the molecule is CC(C)N(C(C)C)C(C)C.O=C(O)COc1ccc(Cl)cc1Cl. The van der Waals surface area contributed by atoms with Crippen molar-refractivity contribution in [2.24, 2.45) is 0 Å². The number of halogens is 2. The molecule has 6 heteroatoms. The highest BCUT2D eigenvalue weighted by Gasteiger charge is 2.15. The number of ether oxygens (including phenoxy) is 1. The Morgan fingerprint density at radius 3 is 1.87 bits per heavy atom. The second-order valence-corrected chi connectivity index (χ2v) is 6.83. The van der Waals surface area contributed by atoms with Crippen molar-refractivity contribution < 1.29 is 14.6 Å². The summed E-state index contributed by atoms with van der Waals surface area (Å²) in [5.41, 5.74) is 0. The Bertz CT molecular complexity index is 472. The van der Waals surface area contributed by atoms with Crippen molar-refractivity contribution >= 4 is 29.2 Å². The fourth-order valence-electron chi connectivity index (χ4n) is 2.52. The van der Waals surface area contributed by atoms with E-state index in [0.717, 1.165) is 0 Å². The molecule has 0 atom stereocenters. The lowest BCUT2D eigenvalue weighted by atomic mass is 10.2. The summed E-state index contributed by atoms with van der Waals surface area (Å²) in [4.78, 5) is 12.7. The first kappa shape index (κ1) is 22.0. The quantitative estimate of drug-likeness (QED) is 0.774. The first-order chi connectivity index (χ1) is 10.6. The molecule has 0 bridgehead atoms. The number of carboxylic acids is 1. The molecule has 0 aliphatic rings. The number of rotatable bonds is 6. The molecule has 0 amide bonds. The molecule has 0 radical (unpaired) electrons. The van der Waals surface area contributed by atoms with E-state index in [1.54, 1.807) is 6.07 Å². The molecule has 0 aromatic heterocycles. The van der Waals surface area contributed by atoms with Gasteiger partial charge in [0.2, 0.25) is 0 Å². The number of carbonyl (C=O) groups is 1. The maximum absolute atomic E-state index is 10.2. The summed E-state index contributed by atoms with van der Waals surface area (Å²) in [7, 11) is 0. The highest BCUT2D eigenvalue weighted by Crippen LogP contribution is 2.27. The molecule has 0 unspecified atom stereocenters. The number of hydrogen-bond acceptors (Lipinski definition) is 3. The third-order valence-corrected chi connectivity index (χ3v) is 3.56. The zero-order valence-corrected chi connectivity index (χ0v) is 16.1. The van der Waals surface area contributed by atoms with Crippen molar-refractivity contribution in [3.63, 3.8) is 0 Å². The number of benzene rings is 1. The van der Waals surface area contributed by atoms with Gasteiger partial charge in [-0.15, -0.1) is 0 Å². The van der Waals surface area contributed by atoms with Crippen LogP contribution in [0.25, 0.3) is 0 Å². The molecule has 132 valence electrons. The van der Waals surface area contributed by atoms with Crippen molar-refractivity contribution in [3.05, 3.63) is 28.2 Å². The lowest BCUT2D eigenvalue weighted by Crippen LogP contribution is -2.42. The summed E-state index contributed by atoms with van der Waals surface area (Å²) >= 11 is 11.3. The topological polar surface area (TPSA) is 49.8 Å². The van der Waals surface area contributed by atoms with E-state index in [2.05, 4.69) is 46.4 Å². The first-order valence-corrected chi connectivity index (χ1v) is 8.38. The van der Waals surface area contributed by atoms with Gasteiger partial charge in [0.15, 0.2) is 6.61 Å². The van der Waals surface area contributed by atoms with Gasteiger partial charge >= 0.3 is 5.97 Å². The maximum Gasteiger partial charge on any atom is 0.341 e. The summed E-state index contributed by atoms with van der Waals surface area (Å²) < 4.78 is 4.86. The molecule has 0 fully saturated rings. The predicted molar refractivity (Wildman–Crippen MR) is 96.8 cm³/mol. The summed E-state index contributed by atoms with van der Waals surface area (Å²) in [6, 6.07) is 6.58. The van der Waals surface area contributed by atoms with Crippen LogP contribution in [0.4, 0.5) is 0 Å². The number of hydrogen-bond donors (Lipinski definition) is 1. The van der Waals surface area contributed by atoms with Gasteiger partial charge in [-0.1, -0.05) is 23.2 Å². The Balaban J connectivity index is 0.000000438. The zero-order chi connectivity index (χ0) is 18.2. The second-order valence-electron chi connectivity index (χ2n) is 5.99. The van der Waals surface area contributed by atoms with E-state index in [9.17, 15) is 4.79 Å². The molecule has 0 saturated heterocycles. The van der Waals surface area contributed by atoms with E-state index >= 15 is 0 Å². The zero-order valence-electron chi connectivity index (χ0n) is 14.6. The number of aliphatic carboxylic acids is 1. The predicted octanol–water partition coefficient (Wildman–Crippen LogP) is 4.97. The van der Waals surface area contributed by atoms with Crippen LogP contribution in [0.3, 0.4) is 0 Å². The van der Waals surface area contributed by atoms with Crippen LogP contribution in [0.5, 0.6) is 5.75 Å². The minimum absolute atomic E-state index is 0.300. The van der Waals surface area contributed by atoms with Gasteiger partial charge in [-0.2, -0.15) is 0 Å².